The zero-order valence-corrected chi connectivity index (χ0v) is 10.3. The Morgan fingerprint density at radius 3 is 3.06 bits per heavy atom. The summed E-state index contributed by atoms with van der Waals surface area (Å²) in [5, 5.41) is 3.25. The second-order valence-corrected chi connectivity index (χ2v) is 4.33. The standard InChI is InChI=1S/C13H16N2O3/c1-9(16)3-2-6-14-8-10-4-5-11-12(7-10)18-13(17)15-11/h4-5,7,14H,2-3,6,8H2,1H3,(H,15,17). The van der Waals surface area contributed by atoms with Crippen LogP contribution in [0.3, 0.4) is 0 Å². The van der Waals surface area contributed by atoms with Gasteiger partial charge < -0.3 is 14.5 Å². The van der Waals surface area contributed by atoms with Crippen molar-refractivity contribution < 1.29 is 9.21 Å². The van der Waals surface area contributed by atoms with Gasteiger partial charge in [-0.25, -0.2) is 4.79 Å². The SMILES string of the molecule is CC(=O)CCCNCc1ccc2[nH]c(=O)oc2c1. The molecular formula is C13H16N2O3. The molecule has 96 valence electrons. The number of Topliss-reactive ketones (excluding diaryl/α,β-unsaturated/α-hetero) is 1. The fourth-order valence-electron chi connectivity index (χ4n) is 1.79. The first-order chi connectivity index (χ1) is 8.65. The second-order valence-electron chi connectivity index (χ2n) is 4.33. The number of aromatic nitrogens is 1. The number of H-pyrrole nitrogens is 1. The van der Waals surface area contributed by atoms with Crippen molar-refractivity contribution in [1.82, 2.24) is 10.3 Å². The van der Waals surface area contributed by atoms with Gasteiger partial charge in [0.15, 0.2) is 5.58 Å². The Bertz CT molecular complexity index is 598. The van der Waals surface area contributed by atoms with E-state index in [2.05, 4.69) is 10.3 Å². The quantitative estimate of drug-likeness (QED) is 0.761. The van der Waals surface area contributed by atoms with Gasteiger partial charge in [-0.15, -0.1) is 0 Å². The molecule has 0 aliphatic rings. The zero-order chi connectivity index (χ0) is 13.0. The molecule has 0 bridgehead atoms. The fraction of sp³-hybridized carbons (Fsp3) is 0.385. The molecule has 0 amide bonds. The highest BCUT2D eigenvalue weighted by molar-refractivity contribution is 5.75. The normalized spacial score (nSPS) is 10.9. The predicted octanol–water partition coefficient (Wildman–Crippen LogP) is 1.58. The third-order valence-corrected chi connectivity index (χ3v) is 2.70. The molecular weight excluding hydrogens is 232 g/mol. The zero-order valence-electron chi connectivity index (χ0n) is 10.3. The molecule has 2 aromatic rings. The fourth-order valence-corrected chi connectivity index (χ4v) is 1.79. The summed E-state index contributed by atoms with van der Waals surface area (Å²) < 4.78 is 4.98. The van der Waals surface area contributed by atoms with Crippen LogP contribution < -0.4 is 11.1 Å². The van der Waals surface area contributed by atoms with Crippen LogP contribution in [0.5, 0.6) is 0 Å². The minimum atomic E-state index is -0.434. The molecule has 1 heterocycles. The molecule has 0 aliphatic heterocycles. The smallest absolute Gasteiger partial charge is 0.408 e. The van der Waals surface area contributed by atoms with E-state index in [0.29, 0.717) is 24.1 Å². The van der Waals surface area contributed by atoms with Gasteiger partial charge in [0.1, 0.15) is 5.78 Å². The topological polar surface area (TPSA) is 75.1 Å². The van der Waals surface area contributed by atoms with Gasteiger partial charge in [0.25, 0.3) is 0 Å². The van der Waals surface area contributed by atoms with Gasteiger partial charge in [0, 0.05) is 13.0 Å². The molecule has 0 aliphatic carbocycles. The maximum absolute atomic E-state index is 11.0. The van der Waals surface area contributed by atoms with Crippen molar-refractivity contribution in [3.8, 4) is 0 Å². The Kier molecular flexibility index (Phi) is 3.94. The van der Waals surface area contributed by atoms with Gasteiger partial charge >= 0.3 is 5.76 Å². The maximum Gasteiger partial charge on any atom is 0.417 e. The highest BCUT2D eigenvalue weighted by Crippen LogP contribution is 2.12. The number of hydrogen-bond acceptors (Lipinski definition) is 4. The minimum absolute atomic E-state index is 0.215. The number of fused-ring (bicyclic) bond motifs is 1. The Morgan fingerprint density at radius 1 is 1.44 bits per heavy atom. The van der Waals surface area contributed by atoms with E-state index in [0.717, 1.165) is 18.5 Å². The van der Waals surface area contributed by atoms with Gasteiger partial charge in [0.05, 0.1) is 5.52 Å². The van der Waals surface area contributed by atoms with E-state index in [9.17, 15) is 9.59 Å². The van der Waals surface area contributed by atoms with Crippen LogP contribution in [0.2, 0.25) is 0 Å². The summed E-state index contributed by atoms with van der Waals surface area (Å²) in [6.07, 6.45) is 1.45. The number of oxazole rings is 1. The summed E-state index contributed by atoms with van der Waals surface area (Å²) in [6.45, 7) is 3.10. The number of ketones is 1. The molecule has 0 atom stereocenters. The largest absolute Gasteiger partial charge is 0.417 e. The van der Waals surface area contributed by atoms with Gasteiger partial charge in [-0.1, -0.05) is 6.07 Å². The molecule has 2 rings (SSSR count). The van der Waals surface area contributed by atoms with Crippen LogP contribution in [0.4, 0.5) is 0 Å². The molecule has 0 fully saturated rings. The summed E-state index contributed by atoms with van der Waals surface area (Å²) in [7, 11) is 0. The van der Waals surface area contributed by atoms with Crippen molar-refractivity contribution in [2.45, 2.75) is 26.3 Å². The van der Waals surface area contributed by atoms with Crippen LogP contribution in [-0.4, -0.2) is 17.3 Å². The summed E-state index contributed by atoms with van der Waals surface area (Å²) in [5.74, 6) is -0.219. The Labute approximate surface area is 104 Å². The number of nitrogens with one attached hydrogen (secondary N) is 2. The molecule has 1 aromatic heterocycles. The van der Waals surface area contributed by atoms with Crippen LogP contribution in [0.25, 0.3) is 11.1 Å². The van der Waals surface area contributed by atoms with Crippen LogP contribution in [0.1, 0.15) is 25.3 Å². The van der Waals surface area contributed by atoms with Crippen LogP contribution in [0.15, 0.2) is 27.4 Å². The summed E-state index contributed by atoms with van der Waals surface area (Å²) in [5.41, 5.74) is 2.33. The first-order valence-corrected chi connectivity index (χ1v) is 5.97. The maximum atomic E-state index is 11.0. The predicted molar refractivity (Wildman–Crippen MR) is 68.5 cm³/mol. The molecule has 1 aromatic carbocycles. The molecule has 0 saturated carbocycles. The van der Waals surface area contributed by atoms with Gasteiger partial charge in [-0.3, -0.25) is 4.98 Å². The van der Waals surface area contributed by atoms with E-state index >= 15 is 0 Å². The Hall–Kier alpha value is -1.88. The number of carbonyl (C=O) groups excluding carboxylic acids is 1. The number of carbonyl (C=O) groups is 1. The van der Waals surface area contributed by atoms with Crippen LogP contribution >= 0.6 is 0 Å². The number of rotatable bonds is 6. The van der Waals surface area contributed by atoms with Crippen molar-refractivity contribution >= 4 is 16.9 Å². The lowest BCUT2D eigenvalue weighted by Gasteiger charge is -2.03. The van der Waals surface area contributed by atoms with E-state index < -0.39 is 5.76 Å². The van der Waals surface area contributed by atoms with Crippen molar-refractivity contribution in [2.24, 2.45) is 0 Å². The molecule has 18 heavy (non-hydrogen) atoms. The van der Waals surface area contributed by atoms with Crippen molar-refractivity contribution in [1.29, 1.82) is 0 Å². The molecule has 0 spiro atoms. The third kappa shape index (κ3) is 3.30. The highest BCUT2D eigenvalue weighted by Gasteiger charge is 2.01. The number of hydrogen-bond donors (Lipinski definition) is 2. The van der Waals surface area contributed by atoms with Crippen LogP contribution in [0, 0.1) is 0 Å². The minimum Gasteiger partial charge on any atom is -0.408 e. The number of benzene rings is 1. The van der Waals surface area contributed by atoms with Crippen LogP contribution in [-0.2, 0) is 11.3 Å². The van der Waals surface area contributed by atoms with Crippen molar-refractivity contribution in [3.05, 3.63) is 34.3 Å². The molecule has 0 saturated heterocycles. The molecule has 0 radical (unpaired) electrons. The van der Waals surface area contributed by atoms with Crippen molar-refractivity contribution in [2.75, 3.05) is 6.54 Å². The third-order valence-electron chi connectivity index (χ3n) is 2.70. The van der Waals surface area contributed by atoms with E-state index in [1.54, 1.807) is 6.92 Å². The molecule has 2 N–H and O–H groups in total. The lowest BCUT2D eigenvalue weighted by atomic mass is 10.2. The second kappa shape index (κ2) is 5.64. The highest BCUT2D eigenvalue weighted by atomic mass is 16.4. The molecule has 5 nitrogen and oxygen atoms in total. The van der Waals surface area contributed by atoms with E-state index in [1.807, 2.05) is 18.2 Å². The Balaban J connectivity index is 1.87. The molecule has 5 heteroatoms. The monoisotopic (exact) mass is 248 g/mol. The van der Waals surface area contributed by atoms with E-state index in [4.69, 9.17) is 4.42 Å². The number of aromatic amines is 1. The first-order valence-electron chi connectivity index (χ1n) is 5.97. The van der Waals surface area contributed by atoms with Gasteiger partial charge in [0.2, 0.25) is 0 Å². The molecule has 0 unspecified atom stereocenters. The van der Waals surface area contributed by atoms with E-state index in [1.165, 1.54) is 0 Å². The Morgan fingerprint density at radius 2 is 2.28 bits per heavy atom. The summed E-state index contributed by atoms with van der Waals surface area (Å²) in [6, 6.07) is 5.60. The lowest BCUT2D eigenvalue weighted by molar-refractivity contribution is -0.117. The summed E-state index contributed by atoms with van der Waals surface area (Å²) in [4.78, 5) is 24.3. The van der Waals surface area contributed by atoms with Crippen molar-refractivity contribution in [3.63, 3.8) is 0 Å². The van der Waals surface area contributed by atoms with Gasteiger partial charge in [-0.2, -0.15) is 0 Å². The van der Waals surface area contributed by atoms with Gasteiger partial charge in [-0.05, 0) is 37.6 Å². The average Bonchev–Trinajstić information content (AvgIpc) is 2.67. The average molecular weight is 248 g/mol. The summed E-state index contributed by atoms with van der Waals surface area (Å²) >= 11 is 0. The van der Waals surface area contributed by atoms with E-state index in [-0.39, 0.29) is 5.78 Å². The first kappa shape index (κ1) is 12.6. The lowest BCUT2D eigenvalue weighted by Crippen LogP contribution is -2.15.